The normalized spacial score (nSPS) is 14.6. The fraction of sp³-hybridized carbons (Fsp3) is 0.333. The minimum absolute atomic E-state index is 0.103. The van der Waals surface area contributed by atoms with Crippen molar-refractivity contribution in [2.45, 2.75) is 24.2 Å². The van der Waals surface area contributed by atoms with Crippen molar-refractivity contribution in [3.8, 4) is 5.75 Å². The molecule has 31 heavy (non-hydrogen) atoms. The van der Waals surface area contributed by atoms with Crippen LogP contribution in [0.5, 0.6) is 5.75 Å². The topological polar surface area (TPSA) is 102 Å². The van der Waals surface area contributed by atoms with Crippen LogP contribution in [0.15, 0.2) is 47.4 Å². The van der Waals surface area contributed by atoms with Gasteiger partial charge in [0.2, 0.25) is 10.0 Å². The molecule has 10 heteroatoms. The second-order valence-corrected chi connectivity index (χ2v) is 9.25. The fourth-order valence-electron chi connectivity index (χ4n) is 3.25. The molecule has 1 N–H and O–H groups in total. The molecule has 0 aromatic heterocycles. The Morgan fingerprint density at radius 1 is 1.10 bits per heavy atom. The number of carbonyl (C=O) groups is 2. The van der Waals surface area contributed by atoms with Crippen LogP contribution in [0.25, 0.3) is 0 Å². The first-order valence-corrected chi connectivity index (χ1v) is 11.5. The monoisotopic (exact) mass is 466 g/mol. The molecule has 166 valence electrons. The summed E-state index contributed by atoms with van der Waals surface area (Å²) in [6.07, 6.45) is 2.53. The summed E-state index contributed by atoms with van der Waals surface area (Å²) in [4.78, 5) is 24.6. The van der Waals surface area contributed by atoms with Gasteiger partial charge in [0.25, 0.3) is 5.91 Å². The van der Waals surface area contributed by atoms with Gasteiger partial charge in [0.1, 0.15) is 5.75 Å². The number of halogens is 1. The van der Waals surface area contributed by atoms with Crippen molar-refractivity contribution in [1.29, 1.82) is 0 Å². The van der Waals surface area contributed by atoms with E-state index in [0.29, 0.717) is 29.5 Å². The molecular formula is C21H23ClN2O6S. The maximum absolute atomic E-state index is 13.0. The van der Waals surface area contributed by atoms with Crippen LogP contribution in [0.2, 0.25) is 5.02 Å². The van der Waals surface area contributed by atoms with E-state index in [2.05, 4.69) is 5.32 Å². The van der Waals surface area contributed by atoms with Crippen LogP contribution >= 0.6 is 11.6 Å². The van der Waals surface area contributed by atoms with Crippen molar-refractivity contribution in [2.24, 2.45) is 0 Å². The van der Waals surface area contributed by atoms with Crippen LogP contribution in [0.1, 0.15) is 29.6 Å². The number of piperidine rings is 1. The van der Waals surface area contributed by atoms with Crippen LogP contribution in [0.3, 0.4) is 0 Å². The molecule has 0 spiro atoms. The number of nitrogens with one attached hydrogen (secondary N) is 1. The zero-order valence-corrected chi connectivity index (χ0v) is 18.5. The summed E-state index contributed by atoms with van der Waals surface area (Å²) in [5.41, 5.74) is 0.299. The van der Waals surface area contributed by atoms with Gasteiger partial charge in [0.05, 0.1) is 22.6 Å². The number of rotatable bonds is 7. The molecule has 0 saturated carbocycles. The second-order valence-electron chi connectivity index (χ2n) is 6.93. The lowest BCUT2D eigenvalue weighted by Crippen LogP contribution is -2.36. The molecule has 1 amide bonds. The first-order chi connectivity index (χ1) is 14.8. The zero-order chi connectivity index (χ0) is 22.4. The number of nitrogens with zero attached hydrogens (tertiary/aromatic N) is 1. The molecule has 8 nitrogen and oxygen atoms in total. The van der Waals surface area contributed by atoms with E-state index < -0.39 is 28.5 Å². The average molecular weight is 467 g/mol. The van der Waals surface area contributed by atoms with Gasteiger partial charge >= 0.3 is 5.97 Å². The molecular weight excluding hydrogens is 444 g/mol. The predicted octanol–water partition coefficient (Wildman–Crippen LogP) is 3.32. The minimum Gasteiger partial charge on any atom is -0.495 e. The highest BCUT2D eigenvalue weighted by molar-refractivity contribution is 7.89. The van der Waals surface area contributed by atoms with Crippen molar-refractivity contribution >= 4 is 39.2 Å². The first kappa shape index (κ1) is 23.1. The maximum atomic E-state index is 13.0. The lowest BCUT2D eigenvalue weighted by molar-refractivity contribution is -0.119. The summed E-state index contributed by atoms with van der Waals surface area (Å²) in [6.45, 7) is 0.248. The van der Waals surface area contributed by atoms with E-state index in [0.717, 1.165) is 19.3 Å². The van der Waals surface area contributed by atoms with Crippen LogP contribution in [-0.4, -0.2) is 51.4 Å². The van der Waals surface area contributed by atoms with Gasteiger partial charge in [-0.15, -0.1) is 0 Å². The van der Waals surface area contributed by atoms with Gasteiger partial charge in [-0.05, 0) is 43.2 Å². The minimum atomic E-state index is -3.83. The molecule has 1 fully saturated rings. The van der Waals surface area contributed by atoms with E-state index in [-0.39, 0.29) is 10.5 Å². The van der Waals surface area contributed by atoms with Gasteiger partial charge in [-0.3, -0.25) is 4.79 Å². The predicted molar refractivity (Wildman–Crippen MR) is 116 cm³/mol. The molecule has 1 heterocycles. The molecule has 0 atom stereocenters. The van der Waals surface area contributed by atoms with Gasteiger partial charge in [-0.2, -0.15) is 4.31 Å². The van der Waals surface area contributed by atoms with Gasteiger partial charge in [0, 0.05) is 18.8 Å². The van der Waals surface area contributed by atoms with E-state index in [4.69, 9.17) is 21.1 Å². The van der Waals surface area contributed by atoms with E-state index in [1.165, 1.54) is 29.6 Å². The number of amides is 1. The molecule has 1 aliphatic rings. The van der Waals surface area contributed by atoms with Crippen LogP contribution in [-0.2, 0) is 19.6 Å². The van der Waals surface area contributed by atoms with Crippen LogP contribution < -0.4 is 10.1 Å². The third kappa shape index (κ3) is 5.55. The van der Waals surface area contributed by atoms with Crippen LogP contribution in [0, 0.1) is 0 Å². The summed E-state index contributed by atoms with van der Waals surface area (Å²) in [5.74, 6) is -1.03. The standard InChI is InChI=1S/C21H23ClN2O6S/c1-29-18-10-9-15(13-17(18)22)23-20(25)14-30-21(26)16-7-3-4-8-19(16)31(27,28)24-11-5-2-6-12-24/h3-4,7-10,13H,2,5-6,11-12,14H2,1H3,(H,23,25). The van der Waals surface area contributed by atoms with Crippen molar-refractivity contribution in [1.82, 2.24) is 4.31 Å². The number of hydrogen-bond acceptors (Lipinski definition) is 6. The maximum Gasteiger partial charge on any atom is 0.340 e. The van der Waals surface area contributed by atoms with Gasteiger partial charge in [-0.25, -0.2) is 13.2 Å². The van der Waals surface area contributed by atoms with Crippen molar-refractivity contribution in [3.05, 3.63) is 53.1 Å². The number of sulfonamides is 1. The van der Waals surface area contributed by atoms with E-state index in [1.54, 1.807) is 24.3 Å². The Bertz CT molecular complexity index is 1070. The second kappa shape index (κ2) is 10.1. The van der Waals surface area contributed by atoms with E-state index in [9.17, 15) is 18.0 Å². The van der Waals surface area contributed by atoms with Gasteiger partial charge in [-0.1, -0.05) is 30.2 Å². The Balaban J connectivity index is 1.67. The number of carbonyl (C=O) groups excluding carboxylic acids is 2. The average Bonchev–Trinajstić information content (AvgIpc) is 2.78. The largest absolute Gasteiger partial charge is 0.495 e. The number of esters is 1. The third-order valence-corrected chi connectivity index (χ3v) is 7.06. The number of methoxy groups -OCH3 is 1. The Labute approximate surface area is 186 Å². The molecule has 0 unspecified atom stereocenters. The molecule has 1 saturated heterocycles. The van der Waals surface area contributed by atoms with Crippen molar-refractivity contribution in [2.75, 3.05) is 32.1 Å². The molecule has 0 radical (unpaired) electrons. The summed E-state index contributed by atoms with van der Waals surface area (Å²) >= 11 is 6.02. The Morgan fingerprint density at radius 2 is 1.81 bits per heavy atom. The number of hydrogen-bond donors (Lipinski definition) is 1. The summed E-state index contributed by atoms with van der Waals surface area (Å²) in [7, 11) is -2.36. The number of ether oxygens (including phenoxy) is 2. The van der Waals surface area contributed by atoms with Crippen molar-refractivity contribution in [3.63, 3.8) is 0 Å². The van der Waals surface area contributed by atoms with Crippen molar-refractivity contribution < 1.29 is 27.5 Å². The Morgan fingerprint density at radius 3 is 2.48 bits per heavy atom. The summed E-state index contributed by atoms with van der Waals surface area (Å²) in [6, 6.07) is 10.5. The van der Waals surface area contributed by atoms with Crippen LogP contribution in [0.4, 0.5) is 5.69 Å². The van der Waals surface area contributed by atoms with E-state index >= 15 is 0 Å². The first-order valence-electron chi connectivity index (χ1n) is 9.72. The zero-order valence-electron chi connectivity index (χ0n) is 17.0. The highest BCUT2D eigenvalue weighted by Gasteiger charge is 2.30. The lowest BCUT2D eigenvalue weighted by atomic mass is 10.2. The quantitative estimate of drug-likeness (QED) is 0.628. The van der Waals surface area contributed by atoms with Gasteiger partial charge < -0.3 is 14.8 Å². The molecule has 3 rings (SSSR count). The molecule has 0 bridgehead atoms. The SMILES string of the molecule is COc1ccc(NC(=O)COC(=O)c2ccccc2S(=O)(=O)N2CCCCC2)cc1Cl. The smallest absolute Gasteiger partial charge is 0.340 e. The molecule has 1 aliphatic heterocycles. The number of benzene rings is 2. The highest BCUT2D eigenvalue weighted by atomic mass is 35.5. The molecule has 0 aliphatic carbocycles. The van der Waals surface area contributed by atoms with Gasteiger partial charge in [0.15, 0.2) is 6.61 Å². The fourth-order valence-corrected chi connectivity index (χ4v) is 5.21. The Kier molecular flexibility index (Phi) is 7.53. The molecule has 2 aromatic carbocycles. The number of anilines is 1. The Hall–Kier alpha value is -2.62. The lowest BCUT2D eigenvalue weighted by Gasteiger charge is -2.26. The van der Waals surface area contributed by atoms with E-state index in [1.807, 2.05) is 0 Å². The summed E-state index contributed by atoms with van der Waals surface area (Å²) in [5, 5.41) is 2.87. The third-order valence-electron chi connectivity index (χ3n) is 4.81. The highest BCUT2D eigenvalue weighted by Crippen LogP contribution is 2.27. The molecule has 2 aromatic rings. The summed E-state index contributed by atoms with van der Waals surface area (Å²) < 4.78 is 37.5.